The van der Waals surface area contributed by atoms with E-state index in [0.29, 0.717) is 38.3 Å². The van der Waals surface area contributed by atoms with Crippen molar-refractivity contribution in [2.24, 2.45) is 0 Å². The summed E-state index contributed by atoms with van der Waals surface area (Å²) in [6.45, 7) is 3.29. The SMILES string of the molecule is O=C(C1CCCN1C(=O)c1ccccc1)N1CCC(N2CCOCC2=O)CC1. The third kappa shape index (κ3) is 3.76. The van der Waals surface area contributed by atoms with Crippen LogP contribution in [0.3, 0.4) is 0 Å². The maximum absolute atomic E-state index is 13.1. The summed E-state index contributed by atoms with van der Waals surface area (Å²) in [5.41, 5.74) is 0.631. The molecule has 7 nitrogen and oxygen atoms in total. The molecule has 0 aromatic heterocycles. The maximum Gasteiger partial charge on any atom is 0.254 e. The Labute approximate surface area is 165 Å². The number of carbonyl (C=O) groups excluding carboxylic acids is 3. The maximum atomic E-state index is 13.1. The van der Waals surface area contributed by atoms with Crippen molar-refractivity contribution in [3.8, 4) is 0 Å². The zero-order valence-corrected chi connectivity index (χ0v) is 16.1. The number of hydrogen-bond donors (Lipinski definition) is 0. The van der Waals surface area contributed by atoms with Crippen LogP contribution in [0.5, 0.6) is 0 Å². The molecule has 3 aliphatic rings. The molecule has 0 radical (unpaired) electrons. The molecule has 4 rings (SSSR count). The second kappa shape index (κ2) is 8.31. The summed E-state index contributed by atoms with van der Waals surface area (Å²) in [5.74, 6) is 0.0326. The molecule has 1 aromatic rings. The molecule has 150 valence electrons. The Morgan fingerprint density at radius 2 is 1.71 bits per heavy atom. The lowest BCUT2D eigenvalue weighted by Crippen LogP contribution is -2.55. The average molecular weight is 385 g/mol. The first kappa shape index (κ1) is 18.9. The van der Waals surface area contributed by atoms with Gasteiger partial charge < -0.3 is 19.4 Å². The molecular weight excluding hydrogens is 358 g/mol. The number of piperidine rings is 1. The van der Waals surface area contributed by atoms with Gasteiger partial charge in [-0.3, -0.25) is 14.4 Å². The fraction of sp³-hybridized carbons (Fsp3) is 0.571. The highest BCUT2D eigenvalue weighted by atomic mass is 16.5. The Morgan fingerprint density at radius 3 is 2.43 bits per heavy atom. The van der Waals surface area contributed by atoms with Crippen LogP contribution in [-0.4, -0.2) is 83.9 Å². The quantitative estimate of drug-likeness (QED) is 0.782. The number of benzene rings is 1. The van der Waals surface area contributed by atoms with E-state index in [-0.39, 0.29) is 36.4 Å². The standard InChI is InChI=1S/C21H27N3O4/c25-19-15-28-14-13-23(19)17-8-11-22(12-9-17)21(27)18-7-4-10-24(18)20(26)16-5-2-1-3-6-16/h1-3,5-6,17-18H,4,7-15H2. The first-order valence-corrected chi connectivity index (χ1v) is 10.2. The highest BCUT2D eigenvalue weighted by molar-refractivity contribution is 5.98. The lowest BCUT2D eigenvalue weighted by molar-refractivity contribution is -0.148. The largest absolute Gasteiger partial charge is 0.370 e. The van der Waals surface area contributed by atoms with Crippen LogP contribution < -0.4 is 0 Å². The number of morpholine rings is 1. The molecule has 28 heavy (non-hydrogen) atoms. The second-order valence-corrected chi connectivity index (χ2v) is 7.72. The first-order chi connectivity index (χ1) is 13.6. The number of ether oxygens (including phenoxy) is 1. The molecule has 3 aliphatic heterocycles. The van der Waals surface area contributed by atoms with Gasteiger partial charge in [0.15, 0.2) is 0 Å². The highest BCUT2D eigenvalue weighted by Gasteiger charge is 2.39. The minimum Gasteiger partial charge on any atom is -0.370 e. The molecule has 1 aromatic carbocycles. The van der Waals surface area contributed by atoms with Crippen LogP contribution in [0.1, 0.15) is 36.0 Å². The number of likely N-dealkylation sites (tertiary alicyclic amines) is 2. The minimum absolute atomic E-state index is 0.0476. The summed E-state index contributed by atoms with van der Waals surface area (Å²) in [6.07, 6.45) is 3.15. The minimum atomic E-state index is -0.366. The molecule has 0 aliphatic carbocycles. The van der Waals surface area contributed by atoms with Crippen molar-refractivity contribution in [3.63, 3.8) is 0 Å². The van der Waals surface area contributed by atoms with Crippen LogP contribution in [-0.2, 0) is 14.3 Å². The van der Waals surface area contributed by atoms with Crippen molar-refractivity contribution in [2.75, 3.05) is 39.4 Å². The van der Waals surface area contributed by atoms with E-state index in [9.17, 15) is 14.4 Å². The Balaban J connectivity index is 1.36. The fourth-order valence-corrected chi connectivity index (χ4v) is 4.54. The third-order valence-electron chi connectivity index (χ3n) is 6.06. The Bertz CT molecular complexity index is 730. The van der Waals surface area contributed by atoms with Gasteiger partial charge in [0.05, 0.1) is 6.61 Å². The van der Waals surface area contributed by atoms with Crippen LogP contribution in [0.15, 0.2) is 30.3 Å². The zero-order chi connectivity index (χ0) is 19.5. The lowest BCUT2D eigenvalue weighted by Gasteiger charge is -2.41. The topological polar surface area (TPSA) is 70.2 Å². The zero-order valence-electron chi connectivity index (χ0n) is 16.1. The normalized spacial score (nSPS) is 23.9. The van der Waals surface area contributed by atoms with Gasteiger partial charge in [-0.05, 0) is 37.8 Å². The molecule has 1 atom stereocenters. The number of carbonyl (C=O) groups is 3. The summed E-state index contributed by atoms with van der Waals surface area (Å²) in [4.78, 5) is 43.5. The van der Waals surface area contributed by atoms with Crippen molar-refractivity contribution in [2.45, 2.75) is 37.8 Å². The van der Waals surface area contributed by atoms with E-state index in [4.69, 9.17) is 4.74 Å². The molecule has 3 fully saturated rings. The van der Waals surface area contributed by atoms with Gasteiger partial charge in [0, 0.05) is 37.8 Å². The summed E-state index contributed by atoms with van der Waals surface area (Å²) in [6, 6.07) is 8.99. The summed E-state index contributed by atoms with van der Waals surface area (Å²) in [7, 11) is 0. The summed E-state index contributed by atoms with van der Waals surface area (Å²) < 4.78 is 5.21. The molecule has 0 spiro atoms. The molecular formula is C21H27N3O4. The lowest BCUT2D eigenvalue weighted by atomic mass is 10.0. The van der Waals surface area contributed by atoms with Crippen LogP contribution in [0.25, 0.3) is 0 Å². The Hall–Kier alpha value is -2.41. The van der Waals surface area contributed by atoms with E-state index >= 15 is 0 Å². The van der Waals surface area contributed by atoms with Gasteiger partial charge >= 0.3 is 0 Å². The molecule has 3 saturated heterocycles. The van der Waals surface area contributed by atoms with Gasteiger partial charge in [-0.15, -0.1) is 0 Å². The van der Waals surface area contributed by atoms with Crippen LogP contribution in [0, 0.1) is 0 Å². The molecule has 3 heterocycles. The molecule has 7 heteroatoms. The second-order valence-electron chi connectivity index (χ2n) is 7.72. The number of amides is 3. The average Bonchev–Trinajstić information content (AvgIpc) is 3.24. The molecule has 1 unspecified atom stereocenters. The molecule has 0 N–H and O–H groups in total. The molecule has 0 bridgehead atoms. The van der Waals surface area contributed by atoms with Crippen molar-refractivity contribution in [3.05, 3.63) is 35.9 Å². The Kier molecular flexibility index (Phi) is 5.62. The number of hydrogen-bond acceptors (Lipinski definition) is 4. The van der Waals surface area contributed by atoms with E-state index < -0.39 is 0 Å². The first-order valence-electron chi connectivity index (χ1n) is 10.2. The number of rotatable bonds is 3. The van der Waals surface area contributed by atoms with Crippen molar-refractivity contribution < 1.29 is 19.1 Å². The third-order valence-corrected chi connectivity index (χ3v) is 6.06. The smallest absolute Gasteiger partial charge is 0.254 e. The van der Waals surface area contributed by atoms with Gasteiger partial charge in [0.25, 0.3) is 5.91 Å². The van der Waals surface area contributed by atoms with E-state index in [1.807, 2.05) is 28.0 Å². The monoisotopic (exact) mass is 385 g/mol. The molecule has 0 saturated carbocycles. The van der Waals surface area contributed by atoms with Crippen molar-refractivity contribution in [1.29, 1.82) is 0 Å². The van der Waals surface area contributed by atoms with E-state index in [0.717, 1.165) is 25.7 Å². The van der Waals surface area contributed by atoms with Crippen LogP contribution >= 0.6 is 0 Å². The summed E-state index contributed by atoms with van der Waals surface area (Å²) >= 11 is 0. The van der Waals surface area contributed by atoms with Crippen LogP contribution in [0.4, 0.5) is 0 Å². The van der Waals surface area contributed by atoms with Crippen molar-refractivity contribution >= 4 is 17.7 Å². The predicted octanol–water partition coefficient (Wildman–Crippen LogP) is 1.14. The van der Waals surface area contributed by atoms with Crippen molar-refractivity contribution in [1.82, 2.24) is 14.7 Å². The van der Waals surface area contributed by atoms with E-state index in [1.165, 1.54) is 0 Å². The predicted molar refractivity (Wildman–Crippen MR) is 103 cm³/mol. The summed E-state index contributed by atoms with van der Waals surface area (Å²) in [5, 5.41) is 0. The van der Waals surface area contributed by atoms with Gasteiger partial charge in [0.1, 0.15) is 12.6 Å². The Morgan fingerprint density at radius 1 is 0.964 bits per heavy atom. The van der Waals surface area contributed by atoms with Gasteiger partial charge in [-0.1, -0.05) is 18.2 Å². The van der Waals surface area contributed by atoms with Gasteiger partial charge in [-0.25, -0.2) is 0 Å². The fourth-order valence-electron chi connectivity index (χ4n) is 4.54. The van der Waals surface area contributed by atoms with Crippen LogP contribution in [0.2, 0.25) is 0 Å². The number of nitrogens with zero attached hydrogens (tertiary/aromatic N) is 3. The van der Waals surface area contributed by atoms with Gasteiger partial charge in [0.2, 0.25) is 11.8 Å². The van der Waals surface area contributed by atoms with E-state index in [2.05, 4.69) is 0 Å². The highest BCUT2D eigenvalue weighted by Crippen LogP contribution is 2.25. The van der Waals surface area contributed by atoms with E-state index in [1.54, 1.807) is 17.0 Å². The van der Waals surface area contributed by atoms with Gasteiger partial charge in [-0.2, -0.15) is 0 Å². The molecule has 3 amide bonds.